The van der Waals surface area contributed by atoms with E-state index in [1.807, 2.05) is 44.3 Å². The number of guanidine groups is 1. The van der Waals surface area contributed by atoms with E-state index in [1.54, 1.807) is 7.11 Å². The Morgan fingerprint density at radius 3 is 2.80 bits per heavy atom. The van der Waals surface area contributed by atoms with E-state index < -0.39 is 0 Å². The minimum absolute atomic E-state index is 0.118. The van der Waals surface area contributed by atoms with E-state index >= 15 is 0 Å². The molecule has 1 atom stereocenters. The number of ether oxygens (including phenoxy) is 2. The number of anilines is 1. The lowest BCUT2D eigenvalue weighted by atomic mass is 10.2. The standard InChI is InChI=1S/C23H33N5O2/c1-5-24-23(26-15-18-10-11-22(25-14-18)30-17(2)3)27-19-12-13-28(16-19)20-8-6-7-9-21(20)29-4/h6-11,14,17,19H,5,12-13,15-16H2,1-4H3,(H2,24,26,27). The summed E-state index contributed by atoms with van der Waals surface area (Å²) in [4.78, 5) is 11.5. The Hall–Kier alpha value is -2.96. The van der Waals surface area contributed by atoms with Crippen molar-refractivity contribution in [3.63, 3.8) is 0 Å². The number of aromatic nitrogens is 1. The van der Waals surface area contributed by atoms with Gasteiger partial charge < -0.3 is 25.0 Å². The van der Waals surface area contributed by atoms with Crippen LogP contribution in [0.15, 0.2) is 47.6 Å². The van der Waals surface area contributed by atoms with Crippen LogP contribution in [0.25, 0.3) is 0 Å². The lowest BCUT2D eigenvalue weighted by molar-refractivity contribution is 0.232. The van der Waals surface area contributed by atoms with Crippen molar-refractivity contribution in [2.45, 2.75) is 45.9 Å². The maximum Gasteiger partial charge on any atom is 0.213 e. The molecule has 1 aliphatic heterocycles. The van der Waals surface area contributed by atoms with Crippen molar-refractivity contribution >= 4 is 11.6 Å². The van der Waals surface area contributed by atoms with Crippen LogP contribution in [0.3, 0.4) is 0 Å². The number of para-hydroxylation sites is 2. The number of methoxy groups -OCH3 is 1. The molecule has 2 heterocycles. The maximum absolute atomic E-state index is 5.60. The van der Waals surface area contributed by atoms with Crippen molar-refractivity contribution < 1.29 is 9.47 Å². The van der Waals surface area contributed by atoms with Gasteiger partial charge in [-0.1, -0.05) is 18.2 Å². The van der Waals surface area contributed by atoms with Gasteiger partial charge in [0.2, 0.25) is 5.88 Å². The predicted octanol–water partition coefficient (Wildman–Crippen LogP) is 3.21. The average molecular weight is 412 g/mol. The normalized spacial score (nSPS) is 16.6. The zero-order valence-corrected chi connectivity index (χ0v) is 18.4. The Labute approximate surface area is 179 Å². The molecule has 1 fully saturated rings. The molecule has 7 heteroatoms. The summed E-state index contributed by atoms with van der Waals surface area (Å²) in [6.07, 6.45) is 2.99. The summed E-state index contributed by atoms with van der Waals surface area (Å²) in [5.74, 6) is 2.38. The van der Waals surface area contributed by atoms with Crippen LogP contribution in [-0.2, 0) is 6.54 Å². The lowest BCUT2D eigenvalue weighted by Crippen LogP contribution is -2.44. The molecule has 1 saturated heterocycles. The van der Waals surface area contributed by atoms with Gasteiger partial charge in [-0.15, -0.1) is 0 Å². The molecule has 0 spiro atoms. The number of aliphatic imine (C=N–C) groups is 1. The largest absolute Gasteiger partial charge is 0.495 e. The van der Waals surface area contributed by atoms with Gasteiger partial charge in [-0.25, -0.2) is 9.98 Å². The van der Waals surface area contributed by atoms with Crippen LogP contribution in [0.1, 0.15) is 32.8 Å². The van der Waals surface area contributed by atoms with Crippen molar-refractivity contribution in [3.8, 4) is 11.6 Å². The highest BCUT2D eigenvalue weighted by molar-refractivity contribution is 5.80. The summed E-state index contributed by atoms with van der Waals surface area (Å²) in [6.45, 7) is 9.33. The number of hydrogen-bond acceptors (Lipinski definition) is 5. The highest BCUT2D eigenvalue weighted by atomic mass is 16.5. The van der Waals surface area contributed by atoms with Gasteiger partial charge in [0.1, 0.15) is 5.75 Å². The first-order valence-corrected chi connectivity index (χ1v) is 10.6. The quantitative estimate of drug-likeness (QED) is 0.513. The van der Waals surface area contributed by atoms with E-state index in [-0.39, 0.29) is 6.10 Å². The first-order valence-electron chi connectivity index (χ1n) is 10.6. The Balaban J connectivity index is 1.59. The van der Waals surface area contributed by atoms with E-state index in [9.17, 15) is 0 Å². The van der Waals surface area contributed by atoms with Gasteiger partial charge >= 0.3 is 0 Å². The summed E-state index contributed by atoms with van der Waals surface area (Å²) in [5, 5.41) is 6.92. The topological polar surface area (TPSA) is 71.0 Å². The van der Waals surface area contributed by atoms with E-state index in [0.29, 0.717) is 18.5 Å². The monoisotopic (exact) mass is 411 g/mol. The van der Waals surface area contributed by atoms with Crippen LogP contribution in [0.2, 0.25) is 0 Å². The maximum atomic E-state index is 5.60. The predicted molar refractivity (Wildman–Crippen MR) is 122 cm³/mol. The molecule has 3 rings (SSSR count). The second-order valence-electron chi connectivity index (χ2n) is 7.61. The van der Waals surface area contributed by atoms with Gasteiger partial charge in [0.15, 0.2) is 5.96 Å². The fourth-order valence-electron chi connectivity index (χ4n) is 3.49. The number of nitrogens with zero attached hydrogens (tertiary/aromatic N) is 3. The highest BCUT2D eigenvalue weighted by Gasteiger charge is 2.25. The molecule has 30 heavy (non-hydrogen) atoms. The van der Waals surface area contributed by atoms with Crippen molar-refractivity contribution in [3.05, 3.63) is 48.2 Å². The first kappa shape index (κ1) is 21.7. The Morgan fingerprint density at radius 2 is 2.10 bits per heavy atom. The highest BCUT2D eigenvalue weighted by Crippen LogP contribution is 2.30. The summed E-state index contributed by atoms with van der Waals surface area (Å²) in [5.41, 5.74) is 2.19. The second-order valence-corrected chi connectivity index (χ2v) is 7.61. The number of pyridine rings is 1. The second kappa shape index (κ2) is 10.7. The van der Waals surface area contributed by atoms with Crippen molar-refractivity contribution in [1.82, 2.24) is 15.6 Å². The SMILES string of the molecule is CCNC(=NCc1ccc(OC(C)C)nc1)NC1CCN(c2ccccc2OC)C1. The molecule has 2 N–H and O–H groups in total. The van der Waals surface area contributed by atoms with Crippen LogP contribution in [-0.4, -0.2) is 49.8 Å². The molecular formula is C23H33N5O2. The lowest BCUT2D eigenvalue weighted by Gasteiger charge is -2.22. The zero-order valence-electron chi connectivity index (χ0n) is 18.4. The van der Waals surface area contributed by atoms with E-state index in [0.717, 1.165) is 49.0 Å². The third-order valence-electron chi connectivity index (χ3n) is 4.87. The Morgan fingerprint density at radius 1 is 1.27 bits per heavy atom. The fourth-order valence-corrected chi connectivity index (χ4v) is 3.49. The van der Waals surface area contributed by atoms with Crippen LogP contribution >= 0.6 is 0 Å². The third-order valence-corrected chi connectivity index (χ3v) is 4.87. The molecule has 162 valence electrons. The molecule has 1 aliphatic rings. The van der Waals surface area contributed by atoms with E-state index in [1.165, 1.54) is 0 Å². The number of nitrogens with one attached hydrogen (secondary N) is 2. The summed E-state index contributed by atoms with van der Waals surface area (Å²) >= 11 is 0. The van der Waals surface area contributed by atoms with Crippen molar-refractivity contribution in [2.24, 2.45) is 4.99 Å². The number of rotatable bonds is 8. The molecule has 0 bridgehead atoms. The molecule has 0 radical (unpaired) electrons. The average Bonchev–Trinajstić information content (AvgIpc) is 3.21. The molecule has 1 aromatic heterocycles. The molecule has 7 nitrogen and oxygen atoms in total. The summed E-state index contributed by atoms with van der Waals surface area (Å²) in [7, 11) is 1.72. The van der Waals surface area contributed by atoms with Gasteiger partial charge in [0.05, 0.1) is 25.4 Å². The molecule has 1 aromatic carbocycles. The van der Waals surface area contributed by atoms with Gasteiger partial charge in [-0.05, 0) is 44.9 Å². The molecule has 0 saturated carbocycles. The van der Waals surface area contributed by atoms with Crippen molar-refractivity contribution in [1.29, 1.82) is 0 Å². The smallest absolute Gasteiger partial charge is 0.213 e. The molecular weight excluding hydrogens is 378 g/mol. The molecule has 2 aromatic rings. The molecule has 1 unspecified atom stereocenters. The fraction of sp³-hybridized carbons (Fsp3) is 0.478. The van der Waals surface area contributed by atoms with Crippen LogP contribution < -0.4 is 25.0 Å². The Kier molecular flexibility index (Phi) is 7.76. The van der Waals surface area contributed by atoms with Crippen LogP contribution in [0.5, 0.6) is 11.6 Å². The zero-order chi connectivity index (χ0) is 21.3. The van der Waals surface area contributed by atoms with Gasteiger partial charge in [0.25, 0.3) is 0 Å². The minimum atomic E-state index is 0.118. The number of hydrogen-bond donors (Lipinski definition) is 2. The Bertz CT molecular complexity index is 823. The van der Waals surface area contributed by atoms with Gasteiger partial charge in [-0.3, -0.25) is 0 Å². The van der Waals surface area contributed by atoms with Crippen LogP contribution in [0.4, 0.5) is 5.69 Å². The number of benzene rings is 1. The molecule has 0 aliphatic carbocycles. The molecule has 0 amide bonds. The first-order chi connectivity index (χ1) is 14.6. The summed E-state index contributed by atoms with van der Waals surface area (Å²) < 4.78 is 11.1. The minimum Gasteiger partial charge on any atom is -0.495 e. The summed E-state index contributed by atoms with van der Waals surface area (Å²) in [6, 6.07) is 12.4. The van der Waals surface area contributed by atoms with Gasteiger partial charge in [0, 0.05) is 37.9 Å². The van der Waals surface area contributed by atoms with Gasteiger partial charge in [-0.2, -0.15) is 0 Å². The van der Waals surface area contributed by atoms with Crippen molar-refractivity contribution in [2.75, 3.05) is 31.6 Å². The third kappa shape index (κ3) is 6.02. The van der Waals surface area contributed by atoms with Crippen LogP contribution in [0, 0.1) is 0 Å². The van der Waals surface area contributed by atoms with E-state index in [4.69, 9.17) is 14.5 Å². The van der Waals surface area contributed by atoms with E-state index in [2.05, 4.69) is 39.6 Å².